The van der Waals surface area contributed by atoms with Gasteiger partial charge in [-0.15, -0.1) is 12.4 Å². The second-order valence-corrected chi connectivity index (χ2v) is 4.42. The number of aryl methyl sites for hydroxylation is 2. The fourth-order valence-corrected chi connectivity index (χ4v) is 2.17. The first-order chi connectivity index (χ1) is 8.22. The molecule has 0 atom stereocenters. The summed E-state index contributed by atoms with van der Waals surface area (Å²) in [6.07, 6.45) is 2.66. The van der Waals surface area contributed by atoms with Crippen LogP contribution in [0.4, 0.5) is 0 Å². The van der Waals surface area contributed by atoms with E-state index in [1.165, 1.54) is 0 Å². The van der Waals surface area contributed by atoms with Gasteiger partial charge in [-0.05, 0) is 32.9 Å². The summed E-state index contributed by atoms with van der Waals surface area (Å²) >= 11 is 0. The molecule has 0 aliphatic carbocycles. The lowest BCUT2D eigenvalue weighted by Gasteiger charge is -2.23. The van der Waals surface area contributed by atoms with E-state index in [-0.39, 0.29) is 24.4 Å². The fraction of sp³-hybridized carbons (Fsp3) is 0.667. The van der Waals surface area contributed by atoms with Crippen molar-refractivity contribution in [2.45, 2.75) is 39.2 Å². The Labute approximate surface area is 113 Å². The van der Waals surface area contributed by atoms with Crippen LogP contribution in [-0.4, -0.2) is 30.2 Å². The van der Waals surface area contributed by atoms with Crippen molar-refractivity contribution < 1.29 is 9.32 Å². The monoisotopic (exact) mass is 273 g/mol. The lowest BCUT2D eigenvalue weighted by Crippen LogP contribution is -2.43. The van der Waals surface area contributed by atoms with Crippen LogP contribution < -0.4 is 10.6 Å². The summed E-state index contributed by atoms with van der Waals surface area (Å²) in [6.45, 7) is 5.70. The molecule has 0 unspecified atom stereocenters. The first kappa shape index (κ1) is 15.0. The average molecular weight is 274 g/mol. The molecule has 1 aliphatic heterocycles. The number of carbonyl (C=O) groups excluding carboxylic acids is 1. The molecule has 0 spiro atoms. The summed E-state index contributed by atoms with van der Waals surface area (Å²) in [5, 5.41) is 10.2. The Hall–Kier alpha value is -1.07. The molecule has 0 aromatic carbocycles. The van der Waals surface area contributed by atoms with Crippen LogP contribution in [0.15, 0.2) is 4.52 Å². The maximum absolute atomic E-state index is 12.1. The standard InChI is InChI=1S/C12H19N3O2.ClH/c1-3-10-11(8(2)15-17-10)12(16)14-9-4-6-13-7-5-9;/h9,13H,3-7H2,1-2H3,(H,14,16);1H. The van der Waals surface area contributed by atoms with Crippen molar-refractivity contribution in [1.82, 2.24) is 15.8 Å². The molecule has 0 saturated carbocycles. The van der Waals surface area contributed by atoms with Crippen LogP contribution in [0.3, 0.4) is 0 Å². The molecule has 1 saturated heterocycles. The molecule has 1 amide bonds. The zero-order valence-electron chi connectivity index (χ0n) is 10.8. The number of nitrogens with zero attached hydrogens (tertiary/aromatic N) is 1. The molecule has 1 aromatic rings. The molecule has 1 aromatic heterocycles. The van der Waals surface area contributed by atoms with E-state index in [1.54, 1.807) is 6.92 Å². The minimum Gasteiger partial charge on any atom is -0.360 e. The quantitative estimate of drug-likeness (QED) is 0.875. The summed E-state index contributed by atoms with van der Waals surface area (Å²) in [6, 6.07) is 0.266. The Morgan fingerprint density at radius 1 is 1.50 bits per heavy atom. The van der Waals surface area contributed by atoms with E-state index in [0.717, 1.165) is 25.9 Å². The van der Waals surface area contributed by atoms with Gasteiger partial charge in [-0.3, -0.25) is 4.79 Å². The van der Waals surface area contributed by atoms with Crippen LogP contribution in [-0.2, 0) is 6.42 Å². The number of hydrogen-bond donors (Lipinski definition) is 2. The first-order valence-electron chi connectivity index (χ1n) is 6.19. The highest BCUT2D eigenvalue weighted by molar-refractivity contribution is 5.96. The third-order valence-corrected chi connectivity index (χ3v) is 3.16. The normalized spacial score (nSPS) is 16.1. The fourth-order valence-electron chi connectivity index (χ4n) is 2.17. The van der Waals surface area contributed by atoms with Crippen LogP contribution in [0, 0.1) is 6.92 Å². The lowest BCUT2D eigenvalue weighted by molar-refractivity contribution is 0.0927. The van der Waals surface area contributed by atoms with Crippen molar-refractivity contribution in [3.63, 3.8) is 0 Å². The van der Waals surface area contributed by atoms with E-state index in [1.807, 2.05) is 6.92 Å². The van der Waals surface area contributed by atoms with E-state index >= 15 is 0 Å². The Morgan fingerprint density at radius 2 is 2.17 bits per heavy atom. The van der Waals surface area contributed by atoms with Crippen molar-refractivity contribution in [3.05, 3.63) is 17.0 Å². The molecule has 102 valence electrons. The maximum Gasteiger partial charge on any atom is 0.257 e. The first-order valence-corrected chi connectivity index (χ1v) is 6.19. The predicted molar refractivity (Wildman–Crippen MR) is 71.2 cm³/mol. The van der Waals surface area contributed by atoms with Gasteiger partial charge < -0.3 is 15.2 Å². The smallest absolute Gasteiger partial charge is 0.257 e. The Balaban J connectivity index is 0.00000162. The second kappa shape index (κ2) is 6.75. The van der Waals surface area contributed by atoms with Gasteiger partial charge in [-0.25, -0.2) is 0 Å². The van der Waals surface area contributed by atoms with Gasteiger partial charge in [0.25, 0.3) is 5.91 Å². The highest BCUT2D eigenvalue weighted by Gasteiger charge is 2.22. The SMILES string of the molecule is CCc1onc(C)c1C(=O)NC1CCNCC1.Cl. The predicted octanol–water partition coefficient (Wildman–Crippen LogP) is 1.45. The van der Waals surface area contributed by atoms with Gasteiger partial charge in [0.1, 0.15) is 11.3 Å². The van der Waals surface area contributed by atoms with Gasteiger partial charge in [-0.1, -0.05) is 12.1 Å². The van der Waals surface area contributed by atoms with Crippen LogP contribution in [0.1, 0.15) is 41.6 Å². The number of aromatic nitrogens is 1. The highest BCUT2D eigenvalue weighted by atomic mass is 35.5. The molecule has 2 heterocycles. The molecule has 0 bridgehead atoms. The summed E-state index contributed by atoms with van der Waals surface area (Å²) in [5.41, 5.74) is 1.29. The number of piperidine rings is 1. The second-order valence-electron chi connectivity index (χ2n) is 4.42. The molecule has 2 N–H and O–H groups in total. The van der Waals surface area contributed by atoms with E-state index in [9.17, 15) is 4.79 Å². The molecule has 18 heavy (non-hydrogen) atoms. The van der Waals surface area contributed by atoms with Crippen molar-refractivity contribution >= 4 is 18.3 Å². The zero-order valence-corrected chi connectivity index (χ0v) is 11.6. The number of halogens is 1. The minimum atomic E-state index is -0.0486. The zero-order chi connectivity index (χ0) is 12.3. The van der Waals surface area contributed by atoms with Crippen molar-refractivity contribution in [1.29, 1.82) is 0 Å². The van der Waals surface area contributed by atoms with Crippen LogP contribution >= 0.6 is 12.4 Å². The molecule has 5 nitrogen and oxygen atoms in total. The van der Waals surface area contributed by atoms with Gasteiger partial charge in [-0.2, -0.15) is 0 Å². The van der Waals surface area contributed by atoms with Gasteiger partial charge in [0.05, 0.1) is 5.69 Å². The molecule has 1 fully saturated rings. The van der Waals surface area contributed by atoms with Crippen LogP contribution in [0.25, 0.3) is 0 Å². The molecular weight excluding hydrogens is 254 g/mol. The lowest BCUT2D eigenvalue weighted by atomic mass is 10.1. The van der Waals surface area contributed by atoms with E-state index < -0.39 is 0 Å². The number of hydrogen-bond acceptors (Lipinski definition) is 4. The van der Waals surface area contributed by atoms with Crippen LogP contribution in [0.2, 0.25) is 0 Å². The molecule has 0 radical (unpaired) electrons. The maximum atomic E-state index is 12.1. The van der Waals surface area contributed by atoms with Crippen LogP contribution in [0.5, 0.6) is 0 Å². The number of carbonyl (C=O) groups is 1. The third-order valence-electron chi connectivity index (χ3n) is 3.16. The number of nitrogens with one attached hydrogen (secondary N) is 2. The molecule has 6 heteroatoms. The van der Waals surface area contributed by atoms with E-state index in [0.29, 0.717) is 23.4 Å². The molecule has 1 aliphatic rings. The summed E-state index contributed by atoms with van der Waals surface area (Å²) in [5.74, 6) is 0.626. The largest absolute Gasteiger partial charge is 0.360 e. The molecular formula is C12H20ClN3O2. The Kier molecular flexibility index (Phi) is 5.62. The van der Waals surface area contributed by atoms with E-state index in [4.69, 9.17) is 4.52 Å². The average Bonchev–Trinajstić information content (AvgIpc) is 2.71. The third kappa shape index (κ3) is 3.23. The summed E-state index contributed by atoms with van der Waals surface area (Å²) in [4.78, 5) is 12.1. The topological polar surface area (TPSA) is 67.2 Å². The summed E-state index contributed by atoms with van der Waals surface area (Å²) in [7, 11) is 0. The Morgan fingerprint density at radius 3 is 2.78 bits per heavy atom. The summed E-state index contributed by atoms with van der Waals surface area (Å²) < 4.78 is 5.13. The van der Waals surface area contributed by atoms with Crippen molar-refractivity contribution in [2.24, 2.45) is 0 Å². The van der Waals surface area contributed by atoms with Gasteiger partial charge in [0.15, 0.2) is 0 Å². The van der Waals surface area contributed by atoms with Gasteiger partial charge in [0.2, 0.25) is 0 Å². The van der Waals surface area contributed by atoms with Gasteiger partial charge >= 0.3 is 0 Å². The number of rotatable bonds is 3. The minimum absolute atomic E-state index is 0. The van der Waals surface area contributed by atoms with Crippen molar-refractivity contribution in [3.8, 4) is 0 Å². The highest BCUT2D eigenvalue weighted by Crippen LogP contribution is 2.15. The van der Waals surface area contributed by atoms with Crippen molar-refractivity contribution in [2.75, 3.05) is 13.1 Å². The number of amides is 1. The molecule has 2 rings (SSSR count). The Bertz CT molecular complexity index is 400. The van der Waals surface area contributed by atoms with E-state index in [2.05, 4.69) is 15.8 Å². The van der Waals surface area contributed by atoms with Gasteiger partial charge in [0, 0.05) is 12.5 Å².